The Bertz CT molecular complexity index is 718. The summed E-state index contributed by atoms with van der Waals surface area (Å²) in [5.41, 5.74) is 1.88. The average molecular weight is 313 g/mol. The Morgan fingerprint density at radius 2 is 2.04 bits per heavy atom. The molecule has 2 aromatic rings. The van der Waals surface area contributed by atoms with Crippen LogP contribution in [0.2, 0.25) is 0 Å². The smallest absolute Gasteiger partial charge is 0.274 e. The number of fused-ring (bicyclic) bond motifs is 1. The van der Waals surface area contributed by atoms with E-state index in [0.717, 1.165) is 12.1 Å². The standard InChI is InChI=1S/C17H19N3O3/c1-3-11(2)19-13-6-7-18-14(8-13)17(21)20-12-4-5-15-16(9-12)23-10-22-15/h4-9,11H,3,10H2,1-2H3,(H,18,19)(H,20,21). The van der Waals surface area contributed by atoms with Crippen LogP contribution in [0.15, 0.2) is 36.5 Å². The second-order valence-electron chi connectivity index (χ2n) is 5.41. The second kappa shape index (κ2) is 6.56. The molecule has 1 unspecified atom stereocenters. The van der Waals surface area contributed by atoms with Crippen LogP contribution in [-0.2, 0) is 0 Å². The zero-order valence-electron chi connectivity index (χ0n) is 13.1. The molecule has 0 saturated carbocycles. The van der Waals surface area contributed by atoms with Gasteiger partial charge in [0.05, 0.1) is 0 Å². The Morgan fingerprint density at radius 3 is 2.87 bits per heavy atom. The number of hydrogen-bond donors (Lipinski definition) is 2. The van der Waals surface area contributed by atoms with Crippen LogP contribution in [0, 0.1) is 0 Å². The maximum Gasteiger partial charge on any atom is 0.274 e. The molecule has 1 atom stereocenters. The van der Waals surface area contributed by atoms with E-state index in [9.17, 15) is 4.79 Å². The van der Waals surface area contributed by atoms with Crippen molar-refractivity contribution in [3.63, 3.8) is 0 Å². The minimum Gasteiger partial charge on any atom is -0.454 e. The number of aromatic nitrogens is 1. The number of carbonyl (C=O) groups is 1. The highest BCUT2D eigenvalue weighted by molar-refractivity contribution is 6.03. The van der Waals surface area contributed by atoms with Crippen molar-refractivity contribution in [3.05, 3.63) is 42.2 Å². The van der Waals surface area contributed by atoms with E-state index in [2.05, 4.69) is 29.5 Å². The molecule has 3 rings (SSSR count). The summed E-state index contributed by atoms with van der Waals surface area (Å²) < 4.78 is 10.6. The fourth-order valence-electron chi connectivity index (χ4n) is 2.20. The quantitative estimate of drug-likeness (QED) is 0.886. The van der Waals surface area contributed by atoms with Crippen molar-refractivity contribution in [2.24, 2.45) is 0 Å². The third-order valence-corrected chi connectivity index (χ3v) is 3.65. The van der Waals surface area contributed by atoms with E-state index in [4.69, 9.17) is 9.47 Å². The number of pyridine rings is 1. The summed E-state index contributed by atoms with van der Waals surface area (Å²) in [4.78, 5) is 16.5. The maximum absolute atomic E-state index is 12.3. The van der Waals surface area contributed by atoms with Crippen molar-refractivity contribution < 1.29 is 14.3 Å². The van der Waals surface area contributed by atoms with E-state index in [1.165, 1.54) is 0 Å². The number of amides is 1. The predicted octanol–water partition coefficient (Wildman–Crippen LogP) is 3.27. The molecular weight excluding hydrogens is 294 g/mol. The molecule has 6 heteroatoms. The molecule has 1 aliphatic rings. The molecule has 1 aromatic carbocycles. The summed E-state index contributed by atoms with van der Waals surface area (Å²) in [6.45, 7) is 4.40. The van der Waals surface area contributed by atoms with E-state index in [1.807, 2.05) is 6.07 Å². The van der Waals surface area contributed by atoms with Gasteiger partial charge in [-0.3, -0.25) is 9.78 Å². The fourth-order valence-corrected chi connectivity index (χ4v) is 2.20. The molecule has 2 N–H and O–H groups in total. The molecule has 1 aromatic heterocycles. The Hall–Kier alpha value is -2.76. The summed E-state index contributed by atoms with van der Waals surface area (Å²) >= 11 is 0. The number of benzene rings is 1. The first kappa shape index (κ1) is 15.1. The largest absolute Gasteiger partial charge is 0.454 e. The Morgan fingerprint density at radius 1 is 1.22 bits per heavy atom. The van der Waals surface area contributed by atoms with Crippen LogP contribution in [0.5, 0.6) is 11.5 Å². The zero-order chi connectivity index (χ0) is 16.2. The topological polar surface area (TPSA) is 72.5 Å². The molecule has 2 heterocycles. The average Bonchev–Trinajstić information content (AvgIpc) is 3.02. The lowest BCUT2D eigenvalue weighted by atomic mass is 10.2. The van der Waals surface area contributed by atoms with Gasteiger partial charge in [-0.05, 0) is 37.6 Å². The normalized spacial score (nSPS) is 13.5. The molecule has 0 aliphatic carbocycles. The molecule has 0 saturated heterocycles. The molecule has 6 nitrogen and oxygen atoms in total. The Balaban J connectivity index is 1.72. The van der Waals surface area contributed by atoms with Gasteiger partial charge in [-0.15, -0.1) is 0 Å². The van der Waals surface area contributed by atoms with Crippen molar-refractivity contribution >= 4 is 17.3 Å². The molecule has 1 aliphatic heterocycles. The Kier molecular flexibility index (Phi) is 4.32. The van der Waals surface area contributed by atoms with Crippen LogP contribution < -0.4 is 20.1 Å². The van der Waals surface area contributed by atoms with Crippen molar-refractivity contribution in [1.82, 2.24) is 4.98 Å². The summed E-state index contributed by atoms with van der Waals surface area (Å²) in [5, 5.41) is 6.15. The number of hydrogen-bond acceptors (Lipinski definition) is 5. The molecule has 0 radical (unpaired) electrons. The first-order chi connectivity index (χ1) is 11.2. The summed E-state index contributed by atoms with van der Waals surface area (Å²) in [5.74, 6) is 1.04. The van der Waals surface area contributed by atoms with Gasteiger partial charge in [0.15, 0.2) is 11.5 Å². The van der Waals surface area contributed by atoms with E-state index >= 15 is 0 Å². The molecule has 0 fully saturated rings. The van der Waals surface area contributed by atoms with E-state index in [0.29, 0.717) is 28.9 Å². The highest BCUT2D eigenvalue weighted by Crippen LogP contribution is 2.34. The number of carbonyl (C=O) groups excluding carboxylic acids is 1. The summed E-state index contributed by atoms with van der Waals surface area (Å²) in [6.07, 6.45) is 2.63. The molecule has 23 heavy (non-hydrogen) atoms. The van der Waals surface area contributed by atoms with Gasteiger partial charge < -0.3 is 20.1 Å². The molecule has 0 bridgehead atoms. The van der Waals surface area contributed by atoms with Crippen molar-refractivity contribution in [2.45, 2.75) is 26.3 Å². The number of nitrogens with one attached hydrogen (secondary N) is 2. The Labute approximate surface area is 134 Å². The highest BCUT2D eigenvalue weighted by atomic mass is 16.7. The fraction of sp³-hybridized carbons (Fsp3) is 0.294. The van der Waals surface area contributed by atoms with Gasteiger partial charge in [0.25, 0.3) is 5.91 Å². The van der Waals surface area contributed by atoms with Crippen molar-refractivity contribution in [1.29, 1.82) is 0 Å². The van der Waals surface area contributed by atoms with Gasteiger partial charge in [-0.1, -0.05) is 6.92 Å². The number of rotatable bonds is 5. The van der Waals surface area contributed by atoms with Gasteiger partial charge in [-0.2, -0.15) is 0 Å². The lowest BCUT2D eigenvalue weighted by Gasteiger charge is -2.13. The van der Waals surface area contributed by atoms with E-state index in [-0.39, 0.29) is 12.7 Å². The second-order valence-corrected chi connectivity index (χ2v) is 5.41. The highest BCUT2D eigenvalue weighted by Gasteiger charge is 2.15. The first-order valence-corrected chi connectivity index (χ1v) is 7.59. The first-order valence-electron chi connectivity index (χ1n) is 7.59. The summed E-state index contributed by atoms with van der Waals surface area (Å²) in [6, 6.07) is 9.21. The zero-order valence-corrected chi connectivity index (χ0v) is 13.1. The number of anilines is 2. The molecule has 0 spiro atoms. The van der Waals surface area contributed by atoms with Crippen LogP contribution in [-0.4, -0.2) is 23.7 Å². The monoisotopic (exact) mass is 313 g/mol. The van der Waals surface area contributed by atoms with E-state index in [1.54, 1.807) is 30.5 Å². The molecule has 1 amide bonds. The minimum absolute atomic E-state index is 0.206. The number of ether oxygens (including phenoxy) is 2. The van der Waals surface area contributed by atoms with Crippen molar-refractivity contribution in [2.75, 3.05) is 17.4 Å². The lowest BCUT2D eigenvalue weighted by Crippen LogP contribution is -2.16. The predicted molar refractivity (Wildman–Crippen MR) is 88.1 cm³/mol. The van der Waals surface area contributed by atoms with Gasteiger partial charge in [0, 0.05) is 29.7 Å². The van der Waals surface area contributed by atoms with Crippen LogP contribution in [0.3, 0.4) is 0 Å². The minimum atomic E-state index is -0.267. The third kappa shape index (κ3) is 3.53. The van der Waals surface area contributed by atoms with Gasteiger partial charge >= 0.3 is 0 Å². The van der Waals surface area contributed by atoms with Crippen molar-refractivity contribution in [3.8, 4) is 11.5 Å². The SMILES string of the molecule is CCC(C)Nc1ccnc(C(=O)Nc2ccc3c(c2)OCO3)c1. The van der Waals surface area contributed by atoms with Gasteiger partial charge in [-0.25, -0.2) is 0 Å². The molecule has 120 valence electrons. The lowest BCUT2D eigenvalue weighted by molar-refractivity contribution is 0.102. The van der Waals surface area contributed by atoms with Crippen LogP contribution in [0.1, 0.15) is 30.8 Å². The molecular formula is C17H19N3O3. The number of nitrogens with zero attached hydrogens (tertiary/aromatic N) is 1. The van der Waals surface area contributed by atoms with Crippen LogP contribution >= 0.6 is 0 Å². The van der Waals surface area contributed by atoms with Gasteiger partial charge in [0.1, 0.15) is 5.69 Å². The van der Waals surface area contributed by atoms with E-state index < -0.39 is 0 Å². The van der Waals surface area contributed by atoms with Crippen LogP contribution in [0.4, 0.5) is 11.4 Å². The maximum atomic E-state index is 12.3. The third-order valence-electron chi connectivity index (χ3n) is 3.65. The van der Waals surface area contributed by atoms with Crippen LogP contribution in [0.25, 0.3) is 0 Å². The summed E-state index contributed by atoms with van der Waals surface area (Å²) in [7, 11) is 0. The van der Waals surface area contributed by atoms with Gasteiger partial charge in [0.2, 0.25) is 6.79 Å².